The van der Waals surface area contributed by atoms with Gasteiger partial charge in [-0.05, 0) is 36.1 Å². The molecule has 140 valence electrons. The molecule has 0 unspecified atom stereocenters. The molecule has 0 spiro atoms. The Morgan fingerprint density at radius 3 is 2.35 bits per heavy atom. The van der Waals surface area contributed by atoms with Crippen molar-refractivity contribution in [3.8, 4) is 17.2 Å². The molecular formula is C21H27NO4. The number of carbonyl (C=O) groups excluding carboxylic acids is 1. The van der Waals surface area contributed by atoms with Gasteiger partial charge in [0.15, 0.2) is 6.61 Å². The van der Waals surface area contributed by atoms with Crippen molar-refractivity contribution in [2.75, 3.05) is 26.1 Å². The van der Waals surface area contributed by atoms with E-state index in [9.17, 15) is 4.79 Å². The van der Waals surface area contributed by atoms with Gasteiger partial charge < -0.3 is 19.5 Å². The zero-order valence-electron chi connectivity index (χ0n) is 16.3. The van der Waals surface area contributed by atoms with E-state index in [0.717, 1.165) is 16.9 Å². The molecule has 0 bridgehead atoms. The minimum Gasteiger partial charge on any atom is -0.497 e. The van der Waals surface area contributed by atoms with Crippen molar-refractivity contribution in [3.05, 3.63) is 47.5 Å². The molecule has 1 N–H and O–H groups in total. The number of rotatable bonds is 6. The second-order valence-corrected chi connectivity index (χ2v) is 7.15. The van der Waals surface area contributed by atoms with E-state index in [2.05, 4.69) is 32.2 Å². The zero-order valence-corrected chi connectivity index (χ0v) is 16.3. The molecule has 0 aliphatic heterocycles. The van der Waals surface area contributed by atoms with Crippen molar-refractivity contribution in [2.24, 2.45) is 0 Å². The van der Waals surface area contributed by atoms with Crippen molar-refractivity contribution >= 4 is 11.6 Å². The summed E-state index contributed by atoms with van der Waals surface area (Å²) in [5, 5.41) is 2.81. The van der Waals surface area contributed by atoms with E-state index in [1.165, 1.54) is 0 Å². The predicted molar refractivity (Wildman–Crippen MR) is 104 cm³/mol. The van der Waals surface area contributed by atoms with Gasteiger partial charge in [0.25, 0.3) is 5.91 Å². The number of benzene rings is 2. The van der Waals surface area contributed by atoms with Gasteiger partial charge in [0.05, 0.1) is 19.9 Å². The summed E-state index contributed by atoms with van der Waals surface area (Å²) in [7, 11) is 3.12. The number of aryl methyl sites for hydroxylation is 1. The molecule has 0 saturated carbocycles. The number of hydrogen-bond acceptors (Lipinski definition) is 4. The summed E-state index contributed by atoms with van der Waals surface area (Å²) in [6.07, 6.45) is 0. The van der Waals surface area contributed by atoms with E-state index in [-0.39, 0.29) is 17.9 Å². The van der Waals surface area contributed by atoms with Gasteiger partial charge in [-0.25, -0.2) is 0 Å². The maximum absolute atomic E-state index is 12.3. The van der Waals surface area contributed by atoms with Crippen molar-refractivity contribution in [1.82, 2.24) is 0 Å². The lowest BCUT2D eigenvalue weighted by Crippen LogP contribution is -2.22. The summed E-state index contributed by atoms with van der Waals surface area (Å²) in [5.74, 6) is 1.66. The highest BCUT2D eigenvalue weighted by Crippen LogP contribution is 2.32. The number of ether oxygens (including phenoxy) is 3. The Labute approximate surface area is 155 Å². The third-order valence-electron chi connectivity index (χ3n) is 3.98. The molecule has 0 aliphatic carbocycles. The molecule has 0 saturated heterocycles. The topological polar surface area (TPSA) is 56.8 Å². The van der Waals surface area contributed by atoms with Crippen LogP contribution in [-0.4, -0.2) is 26.7 Å². The lowest BCUT2D eigenvalue weighted by molar-refractivity contribution is -0.118. The third-order valence-corrected chi connectivity index (χ3v) is 3.98. The Bertz CT molecular complexity index is 778. The first-order valence-electron chi connectivity index (χ1n) is 8.50. The molecule has 0 atom stereocenters. The largest absolute Gasteiger partial charge is 0.497 e. The molecule has 2 aromatic carbocycles. The Hall–Kier alpha value is -2.69. The first kappa shape index (κ1) is 19.6. The van der Waals surface area contributed by atoms with Crippen molar-refractivity contribution in [1.29, 1.82) is 0 Å². The van der Waals surface area contributed by atoms with E-state index in [1.54, 1.807) is 32.4 Å². The molecule has 1 amide bonds. The summed E-state index contributed by atoms with van der Waals surface area (Å²) < 4.78 is 16.2. The van der Waals surface area contributed by atoms with Crippen molar-refractivity contribution in [2.45, 2.75) is 33.1 Å². The van der Waals surface area contributed by atoms with Crippen LogP contribution in [-0.2, 0) is 10.2 Å². The van der Waals surface area contributed by atoms with Gasteiger partial charge in [-0.3, -0.25) is 4.79 Å². The molecule has 0 aromatic heterocycles. The fraction of sp³-hybridized carbons (Fsp3) is 0.381. The molecule has 26 heavy (non-hydrogen) atoms. The van der Waals surface area contributed by atoms with Crippen LogP contribution in [0.2, 0.25) is 0 Å². The summed E-state index contributed by atoms with van der Waals surface area (Å²) >= 11 is 0. The number of hydrogen-bond donors (Lipinski definition) is 1. The molecule has 0 fully saturated rings. The summed E-state index contributed by atoms with van der Waals surface area (Å²) in [5.41, 5.74) is 2.74. The smallest absolute Gasteiger partial charge is 0.262 e. The van der Waals surface area contributed by atoms with Crippen molar-refractivity contribution < 1.29 is 19.0 Å². The van der Waals surface area contributed by atoms with Gasteiger partial charge in [-0.1, -0.05) is 38.5 Å². The summed E-state index contributed by atoms with van der Waals surface area (Å²) in [6.45, 7) is 8.33. The minimum atomic E-state index is -0.256. The first-order valence-corrected chi connectivity index (χ1v) is 8.50. The van der Waals surface area contributed by atoms with Gasteiger partial charge in [0.2, 0.25) is 0 Å². The van der Waals surface area contributed by atoms with Crippen LogP contribution in [0, 0.1) is 6.92 Å². The highest BCUT2D eigenvalue weighted by molar-refractivity contribution is 5.93. The van der Waals surface area contributed by atoms with Crippen molar-refractivity contribution in [3.63, 3.8) is 0 Å². The third kappa shape index (κ3) is 4.91. The molecule has 0 radical (unpaired) electrons. The Morgan fingerprint density at radius 1 is 1.00 bits per heavy atom. The average molecular weight is 357 g/mol. The first-order chi connectivity index (χ1) is 12.2. The van der Waals surface area contributed by atoms with Crippen LogP contribution >= 0.6 is 0 Å². The lowest BCUT2D eigenvalue weighted by Gasteiger charge is -2.23. The number of nitrogens with one attached hydrogen (secondary N) is 1. The van der Waals surface area contributed by atoms with Gasteiger partial charge in [0.1, 0.15) is 17.2 Å². The number of methoxy groups -OCH3 is 2. The fourth-order valence-corrected chi connectivity index (χ4v) is 2.59. The predicted octanol–water partition coefficient (Wildman–Crippen LogP) is 4.33. The van der Waals surface area contributed by atoms with Gasteiger partial charge in [-0.15, -0.1) is 0 Å². The molecule has 2 rings (SSSR count). The summed E-state index contributed by atoms with van der Waals surface area (Å²) in [4.78, 5) is 12.3. The van der Waals surface area contributed by atoms with Crippen LogP contribution in [0.25, 0.3) is 0 Å². The van der Waals surface area contributed by atoms with Crippen LogP contribution in [0.15, 0.2) is 36.4 Å². The lowest BCUT2D eigenvalue weighted by atomic mass is 9.85. The Morgan fingerprint density at radius 2 is 1.73 bits per heavy atom. The van der Waals surface area contributed by atoms with Crippen LogP contribution in [0.5, 0.6) is 17.2 Å². The van der Waals surface area contributed by atoms with Crippen LogP contribution in [0.4, 0.5) is 5.69 Å². The Balaban J connectivity index is 2.09. The number of carbonyl (C=O) groups is 1. The monoisotopic (exact) mass is 357 g/mol. The van der Waals surface area contributed by atoms with Crippen LogP contribution < -0.4 is 19.5 Å². The molecule has 2 aromatic rings. The standard InChI is InChI=1S/C21H27NO4/c1-14-7-10-18(16(11-14)21(2,3)4)26-13-20(23)22-17-9-8-15(24-5)12-19(17)25-6/h7-12H,13H2,1-6H3,(H,22,23). The molecule has 5 nitrogen and oxygen atoms in total. The normalized spacial score (nSPS) is 11.0. The highest BCUT2D eigenvalue weighted by Gasteiger charge is 2.20. The van der Waals surface area contributed by atoms with E-state index in [4.69, 9.17) is 14.2 Å². The molecule has 0 aliphatic rings. The van der Waals surface area contributed by atoms with E-state index >= 15 is 0 Å². The van der Waals surface area contributed by atoms with Crippen LogP contribution in [0.3, 0.4) is 0 Å². The summed E-state index contributed by atoms with van der Waals surface area (Å²) in [6, 6.07) is 11.2. The Kier molecular flexibility index (Phi) is 6.14. The van der Waals surface area contributed by atoms with Gasteiger partial charge in [0, 0.05) is 6.07 Å². The highest BCUT2D eigenvalue weighted by atomic mass is 16.5. The quantitative estimate of drug-likeness (QED) is 0.836. The average Bonchev–Trinajstić information content (AvgIpc) is 2.60. The zero-order chi connectivity index (χ0) is 19.3. The maximum Gasteiger partial charge on any atom is 0.262 e. The fourth-order valence-electron chi connectivity index (χ4n) is 2.59. The molecule has 5 heteroatoms. The second kappa shape index (κ2) is 8.13. The second-order valence-electron chi connectivity index (χ2n) is 7.15. The van der Waals surface area contributed by atoms with Crippen LogP contribution in [0.1, 0.15) is 31.9 Å². The number of amides is 1. The molecule has 0 heterocycles. The van der Waals surface area contributed by atoms with Gasteiger partial charge in [-0.2, -0.15) is 0 Å². The van der Waals surface area contributed by atoms with E-state index < -0.39 is 0 Å². The number of anilines is 1. The molecular weight excluding hydrogens is 330 g/mol. The van der Waals surface area contributed by atoms with E-state index in [1.807, 2.05) is 19.1 Å². The SMILES string of the molecule is COc1ccc(NC(=O)COc2ccc(C)cc2C(C)(C)C)c(OC)c1. The van der Waals surface area contributed by atoms with E-state index in [0.29, 0.717) is 17.2 Å². The minimum absolute atomic E-state index is 0.0724. The maximum atomic E-state index is 12.3. The van der Waals surface area contributed by atoms with Gasteiger partial charge >= 0.3 is 0 Å².